The number of anilines is 1. The van der Waals surface area contributed by atoms with Crippen molar-refractivity contribution in [2.45, 2.75) is 32.2 Å². The third-order valence-electron chi connectivity index (χ3n) is 5.12. The first-order valence-electron chi connectivity index (χ1n) is 10.3. The second-order valence-electron chi connectivity index (χ2n) is 7.00. The molecule has 7 heteroatoms. The van der Waals surface area contributed by atoms with Crippen molar-refractivity contribution < 1.29 is 13.9 Å². The standard InChI is InChI=1S/C22H32N4O3/c1-4-28-21-15-17(10-11-20(21)27-3)25-22(23-2)24-16-18(19-9-8-14-29-19)26-12-6-5-7-13-26/h8-11,14-15,18H,4-7,12-13,16H2,1-3H3,(H2,23,24,25). The number of likely N-dealkylation sites (tertiary alicyclic amines) is 1. The predicted molar refractivity (Wildman–Crippen MR) is 116 cm³/mol. The van der Waals surface area contributed by atoms with Crippen LogP contribution in [0.25, 0.3) is 0 Å². The Morgan fingerprint density at radius 1 is 1.21 bits per heavy atom. The monoisotopic (exact) mass is 400 g/mol. The maximum atomic E-state index is 5.73. The van der Waals surface area contributed by atoms with E-state index in [4.69, 9.17) is 13.9 Å². The number of hydrogen-bond donors (Lipinski definition) is 2. The number of benzene rings is 1. The molecule has 0 radical (unpaired) electrons. The molecule has 0 spiro atoms. The average molecular weight is 401 g/mol. The summed E-state index contributed by atoms with van der Waals surface area (Å²) in [5, 5.41) is 6.79. The number of hydrogen-bond acceptors (Lipinski definition) is 5. The molecule has 3 rings (SSSR count). The van der Waals surface area contributed by atoms with Gasteiger partial charge in [-0.1, -0.05) is 6.42 Å². The van der Waals surface area contributed by atoms with Gasteiger partial charge in [-0.15, -0.1) is 0 Å². The Balaban J connectivity index is 1.66. The highest BCUT2D eigenvalue weighted by Gasteiger charge is 2.24. The number of ether oxygens (including phenoxy) is 2. The minimum absolute atomic E-state index is 0.179. The third kappa shape index (κ3) is 5.67. The van der Waals surface area contributed by atoms with Crippen molar-refractivity contribution in [2.24, 2.45) is 4.99 Å². The van der Waals surface area contributed by atoms with Crippen LogP contribution in [0.15, 0.2) is 46.0 Å². The van der Waals surface area contributed by atoms with Crippen LogP contribution in [-0.4, -0.2) is 51.3 Å². The van der Waals surface area contributed by atoms with Crippen molar-refractivity contribution in [1.29, 1.82) is 0 Å². The largest absolute Gasteiger partial charge is 0.493 e. The second kappa shape index (κ2) is 10.8. The van der Waals surface area contributed by atoms with Crippen LogP contribution in [0.5, 0.6) is 11.5 Å². The van der Waals surface area contributed by atoms with E-state index >= 15 is 0 Å². The first-order chi connectivity index (χ1) is 14.2. The summed E-state index contributed by atoms with van der Waals surface area (Å²) in [7, 11) is 3.41. The SMILES string of the molecule is CCOc1cc(NC(=NC)NCC(c2ccco2)N2CCCCC2)ccc1OC. The van der Waals surface area contributed by atoms with Crippen LogP contribution in [0.3, 0.4) is 0 Å². The van der Waals surface area contributed by atoms with Gasteiger partial charge in [-0.3, -0.25) is 9.89 Å². The van der Waals surface area contributed by atoms with E-state index in [1.54, 1.807) is 20.4 Å². The highest BCUT2D eigenvalue weighted by Crippen LogP contribution is 2.30. The lowest BCUT2D eigenvalue weighted by Crippen LogP contribution is -2.42. The molecule has 1 fully saturated rings. The van der Waals surface area contributed by atoms with E-state index < -0.39 is 0 Å². The van der Waals surface area contributed by atoms with Gasteiger partial charge in [0.2, 0.25) is 0 Å². The Morgan fingerprint density at radius 3 is 2.69 bits per heavy atom. The Bertz CT molecular complexity index is 770. The molecule has 0 saturated carbocycles. The van der Waals surface area contributed by atoms with Crippen LogP contribution in [-0.2, 0) is 0 Å². The van der Waals surface area contributed by atoms with Gasteiger partial charge < -0.3 is 24.5 Å². The quantitative estimate of drug-likeness (QED) is 0.517. The predicted octanol–water partition coefficient (Wildman–Crippen LogP) is 3.90. The van der Waals surface area contributed by atoms with Gasteiger partial charge in [0.15, 0.2) is 17.5 Å². The number of nitrogens with one attached hydrogen (secondary N) is 2. The summed E-state index contributed by atoms with van der Waals surface area (Å²) in [5.41, 5.74) is 0.884. The zero-order valence-electron chi connectivity index (χ0n) is 17.6. The number of guanidine groups is 1. The van der Waals surface area contributed by atoms with Crippen LogP contribution < -0.4 is 20.1 Å². The highest BCUT2D eigenvalue weighted by molar-refractivity contribution is 5.93. The fraction of sp³-hybridized carbons (Fsp3) is 0.500. The summed E-state index contributed by atoms with van der Waals surface area (Å²) in [6.45, 7) is 5.43. The smallest absolute Gasteiger partial charge is 0.195 e. The lowest BCUT2D eigenvalue weighted by Gasteiger charge is -2.33. The number of rotatable bonds is 8. The van der Waals surface area contributed by atoms with E-state index in [-0.39, 0.29) is 6.04 Å². The number of nitrogens with zero attached hydrogens (tertiary/aromatic N) is 2. The number of aliphatic imine (C=N–C) groups is 1. The van der Waals surface area contributed by atoms with Crippen molar-refractivity contribution in [3.63, 3.8) is 0 Å². The highest BCUT2D eigenvalue weighted by atomic mass is 16.5. The maximum absolute atomic E-state index is 5.73. The lowest BCUT2D eigenvalue weighted by atomic mass is 10.1. The van der Waals surface area contributed by atoms with E-state index in [0.29, 0.717) is 30.6 Å². The van der Waals surface area contributed by atoms with Gasteiger partial charge >= 0.3 is 0 Å². The van der Waals surface area contributed by atoms with Crippen molar-refractivity contribution >= 4 is 11.6 Å². The van der Waals surface area contributed by atoms with Crippen LogP contribution in [0.2, 0.25) is 0 Å². The number of furan rings is 1. The van der Waals surface area contributed by atoms with Crippen molar-refractivity contribution in [2.75, 3.05) is 45.7 Å². The average Bonchev–Trinajstić information content (AvgIpc) is 3.29. The summed E-state index contributed by atoms with van der Waals surface area (Å²) in [5.74, 6) is 3.10. The molecule has 2 N–H and O–H groups in total. The molecule has 29 heavy (non-hydrogen) atoms. The van der Waals surface area contributed by atoms with Crippen LogP contribution >= 0.6 is 0 Å². The van der Waals surface area contributed by atoms with Crippen molar-refractivity contribution in [3.8, 4) is 11.5 Å². The molecule has 0 amide bonds. The maximum Gasteiger partial charge on any atom is 0.195 e. The molecule has 0 bridgehead atoms. The molecule has 1 saturated heterocycles. The first-order valence-corrected chi connectivity index (χ1v) is 10.3. The van der Waals surface area contributed by atoms with Crippen LogP contribution in [0.4, 0.5) is 5.69 Å². The summed E-state index contributed by atoms with van der Waals surface area (Å²) in [4.78, 5) is 6.86. The molecule has 1 atom stereocenters. The Labute approximate surface area is 173 Å². The molecule has 1 aromatic carbocycles. The lowest BCUT2D eigenvalue weighted by molar-refractivity contribution is 0.146. The molecule has 1 aliphatic rings. The van der Waals surface area contributed by atoms with Gasteiger partial charge in [-0.05, 0) is 57.1 Å². The summed E-state index contributed by atoms with van der Waals surface area (Å²) >= 11 is 0. The molecule has 2 heterocycles. The minimum atomic E-state index is 0.179. The van der Waals surface area contributed by atoms with Gasteiger partial charge in [0, 0.05) is 25.3 Å². The van der Waals surface area contributed by atoms with E-state index in [9.17, 15) is 0 Å². The van der Waals surface area contributed by atoms with Crippen LogP contribution in [0, 0.1) is 0 Å². The van der Waals surface area contributed by atoms with Gasteiger partial charge in [0.1, 0.15) is 5.76 Å². The molecule has 0 aliphatic carbocycles. The zero-order chi connectivity index (χ0) is 20.5. The third-order valence-corrected chi connectivity index (χ3v) is 5.12. The Hall–Kier alpha value is -2.67. The summed E-state index contributed by atoms with van der Waals surface area (Å²) in [6.07, 6.45) is 5.51. The van der Waals surface area contributed by atoms with Gasteiger partial charge in [-0.2, -0.15) is 0 Å². The second-order valence-corrected chi connectivity index (χ2v) is 7.00. The topological polar surface area (TPSA) is 71.3 Å². The number of piperidine rings is 1. The van der Waals surface area contributed by atoms with E-state index in [1.165, 1.54) is 19.3 Å². The molecule has 2 aromatic rings. The van der Waals surface area contributed by atoms with E-state index in [1.807, 2.05) is 31.2 Å². The van der Waals surface area contributed by atoms with E-state index in [2.05, 4.69) is 26.6 Å². The van der Waals surface area contributed by atoms with Crippen molar-refractivity contribution in [1.82, 2.24) is 10.2 Å². The van der Waals surface area contributed by atoms with Gasteiger partial charge in [0.25, 0.3) is 0 Å². The summed E-state index contributed by atoms with van der Waals surface area (Å²) in [6, 6.07) is 9.94. The normalized spacial score (nSPS) is 16.3. The molecule has 158 valence electrons. The van der Waals surface area contributed by atoms with Gasteiger partial charge in [-0.25, -0.2) is 0 Å². The fourth-order valence-electron chi connectivity index (χ4n) is 3.65. The molecule has 1 unspecified atom stereocenters. The Kier molecular flexibility index (Phi) is 7.81. The molecular formula is C22H32N4O3. The molecule has 1 aliphatic heterocycles. The van der Waals surface area contributed by atoms with Crippen molar-refractivity contribution in [3.05, 3.63) is 42.4 Å². The Morgan fingerprint density at radius 2 is 2.03 bits per heavy atom. The zero-order valence-corrected chi connectivity index (χ0v) is 17.6. The van der Waals surface area contributed by atoms with E-state index in [0.717, 1.165) is 24.5 Å². The van der Waals surface area contributed by atoms with Crippen LogP contribution in [0.1, 0.15) is 38.0 Å². The molecule has 7 nitrogen and oxygen atoms in total. The van der Waals surface area contributed by atoms with Gasteiger partial charge in [0.05, 0.1) is 26.0 Å². The summed E-state index contributed by atoms with van der Waals surface area (Å²) < 4.78 is 16.8. The minimum Gasteiger partial charge on any atom is -0.493 e. The fourth-order valence-corrected chi connectivity index (χ4v) is 3.65. The molecule has 1 aromatic heterocycles. The first kappa shape index (κ1) is 21.0. The molecular weight excluding hydrogens is 368 g/mol. The number of methoxy groups -OCH3 is 1.